The summed E-state index contributed by atoms with van der Waals surface area (Å²) < 4.78 is 1.92. The van der Waals surface area contributed by atoms with Crippen LogP contribution in [0.25, 0.3) is 10.9 Å². The lowest BCUT2D eigenvalue weighted by Gasteiger charge is -2.06. The fourth-order valence-electron chi connectivity index (χ4n) is 2.26. The number of aryl methyl sites for hydroxylation is 1. The zero-order valence-corrected chi connectivity index (χ0v) is 11.0. The molecule has 0 atom stereocenters. The van der Waals surface area contributed by atoms with Crippen LogP contribution in [0.4, 0.5) is 0 Å². The Morgan fingerprint density at radius 1 is 1.30 bits per heavy atom. The van der Waals surface area contributed by atoms with Crippen molar-refractivity contribution in [2.75, 3.05) is 0 Å². The summed E-state index contributed by atoms with van der Waals surface area (Å²) in [5, 5.41) is 13.0. The molecule has 1 saturated carbocycles. The van der Waals surface area contributed by atoms with Crippen molar-refractivity contribution in [3.8, 4) is 0 Å². The van der Waals surface area contributed by atoms with Crippen LogP contribution < -0.4 is 5.32 Å². The molecule has 20 heavy (non-hydrogen) atoms. The maximum atomic E-state index is 11.7. The molecule has 2 N–H and O–H groups in total. The van der Waals surface area contributed by atoms with Crippen LogP contribution in [0.3, 0.4) is 0 Å². The highest BCUT2D eigenvalue weighted by Crippen LogP contribution is 2.20. The van der Waals surface area contributed by atoms with Crippen molar-refractivity contribution in [1.82, 2.24) is 9.88 Å². The van der Waals surface area contributed by atoms with Crippen LogP contribution in [0.1, 0.15) is 29.6 Å². The second kappa shape index (κ2) is 5.00. The lowest BCUT2D eigenvalue weighted by Crippen LogP contribution is -2.26. The maximum Gasteiger partial charge on any atom is 0.335 e. The Hall–Kier alpha value is -2.30. The van der Waals surface area contributed by atoms with Crippen LogP contribution in [-0.4, -0.2) is 27.6 Å². The van der Waals surface area contributed by atoms with Gasteiger partial charge in [0.1, 0.15) is 0 Å². The van der Waals surface area contributed by atoms with E-state index in [1.165, 1.54) is 0 Å². The number of rotatable bonds is 5. The van der Waals surface area contributed by atoms with Gasteiger partial charge in [-0.15, -0.1) is 0 Å². The monoisotopic (exact) mass is 272 g/mol. The standard InChI is InChI=1S/C15H16N2O3/c18-14(16-12-3-4-12)6-8-17-7-5-10-1-2-11(15(19)20)9-13(10)17/h1-2,5,7,9,12H,3-4,6,8H2,(H,16,18)(H,19,20). The van der Waals surface area contributed by atoms with Gasteiger partial charge in [0.2, 0.25) is 5.91 Å². The summed E-state index contributed by atoms with van der Waals surface area (Å²) >= 11 is 0. The molecule has 1 aromatic heterocycles. The van der Waals surface area contributed by atoms with E-state index in [1.807, 2.05) is 16.8 Å². The summed E-state index contributed by atoms with van der Waals surface area (Å²) in [6.45, 7) is 0.561. The minimum Gasteiger partial charge on any atom is -0.478 e. The molecule has 1 amide bonds. The molecule has 1 aromatic carbocycles. The maximum absolute atomic E-state index is 11.7. The van der Waals surface area contributed by atoms with E-state index < -0.39 is 5.97 Å². The third-order valence-electron chi connectivity index (χ3n) is 3.54. The second-order valence-corrected chi connectivity index (χ2v) is 5.18. The molecule has 5 nitrogen and oxygen atoms in total. The predicted molar refractivity (Wildman–Crippen MR) is 74.7 cm³/mol. The number of aromatic nitrogens is 1. The highest BCUT2D eigenvalue weighted by atomic mass is 16.4. The number of carboxylic acids is 1. The quantitative estimate of drug-likeness (QED) is 0.874. The number of fused-ring (bicyclic) bond motifs is 1. The van der Waals surface area contributed by atoms with Crippen molar-refractivity contribution in [1.29, 1.82) is 0 Å². The molecule has 5 heteroatoms. The van der Waals surface area contributed by atoms with Crippen molar-refractivity contribution in [3.63, 3.8) is 0 Å². The van der Waals surface area contributed by atoms with E-state index >= 15 is 0 Å². The molecule has 1 heterocycles. The minimum atomic E-state index is -0.939. The minimum absolute atomic E-state index is 0.0590. The van der Waals surface area contributed by atoms with Crippen LogP contribution in [0.2, 0.25) is 0 Å². The molecular weight excluding hydrogens is 256 g/mol. The Morgan fingerprint density at radius 2 is 2.10 bits per heavy atom. The van der Waals surface area contributed by atoms with E-state index in [4.69, 9.17) is 5.11 Å². The molecular formula is C15H16N2O3. The third-order valence-corrected chi connectivity index (χ3v) is 3.54. The van der Waals surface area contributed by atoms with E-state index in [0.29, 0.717) is 19.0 Å². The molecule has 0 unspecified atom stereocenters. The zero-order chi connectivity index (χ0) is 14.1. The Balaban J connectivity index is 1.74. The van der Waals surface area contributed by atoms with Gasteiger partial charge in [0.25, 0.3) is 0 Å². The van der Waals surface area contributed by atoms with Gasteiger partial charge >= 0.3 is 5.97 Å². The van der Waals surface area contributed by atoms with Gasteiger partial charge < -0.3 is 15.0 Å². The van der Waals surface area contributed by atoms with Gasteiger partial charge in [0, 0.05) is 30.7 Å². The molecule has 2 aromatic rings. The largest absolute Gasteiger partial charge is 0.478 e. The van der Waals surface area contributed by atoms with Gasteiger partial charge in [-0.1, -0.05) is 6.07 Å². The smallest absolute Gasteiger partial charge is 0.335 e. The van der Waals surface area contributed by atoms with E-state index in [9.17, 15) is 9.59 Å². The van der Waals surface area contributed by atoms with Crippen LogP contribution >= 0.6 is 0 Å². The summed E-state index contributed by atoms with van der Waals surface area (Å²) in [5.41, 5.74) is 1.11. The first kappa shape index (κ1) is 12.7. The molecule has 3 rings (SSSR count). The number of carbonyl (C=O) groups is 2. The van der Waals surface area contributed by atoms with E-state index in [-0.39, 0.29) is 11.5 Å². The first-order valence-corrected chi connectivity index (χ1v) is 6.75. The molecule has 0 bridgehead atoms. The number of hydrogen-bond acceptors (Lipinski definition) is 2. The van der Waals surface area contributed by atoms with Crippen molar-refractivity contribution < 1.29 is 14.7 Å². The average molecular weight is 272 g/mol. The number of aromatic carboxylic acids is 1. The number of amides is 1. The Kier molecular flexibility index (Phi) is 3.18. The van der Waals surface area contributed by atoms with Crippen molar-refractivity contribution in [2.45, 2.75) is 31.8 Å². The van der Waals surface area contributed by atoms with Crippen molar-refractivity contribution >= 4 is 22.8 Å². The van der Waals surface area contributed by atoms with E-state index in [0.717, 1.165) is 23.7 Å². The molecule has 0 aliphatic heterocycles. The van der Waals surface area contributed by atoms with Crippen LogP contribution in [0.15, 0.2) is 30.5 Å². The lowest BCUT2D eigenvalue weighted by atomic mass is 10.1. The van der Waals surface area contributed by atoms with Crippen molar-refractivity contribution in [2.24, 2.45) is 0 Å². The lowest BCUT2D eigenvalue weighted by molar-refractivity contribution is -0.121. The van der Waals surface area contributed by atoms with Gasteiger partial charge in [-0.25, -0.2) is 4.79 Å². The summed E-state index contributed by atoms with van der Waals surface area (Å²) in [5.74, 6) is -0.880. The molecule has 1 aliphatic carbocycles. The summed E-state index contributed by atoms with van der Waals surface area (Å²) in [6, 6.07) is 7.34. The summed E-state index contributed by atoms with van der Waals surface area (Å²) in [4.78, 5) is 22.7. The normalized spacial score (nSPS) is 14.4. The number of nitrogens with zero attached hydrogens (tertiary/aromatic N) is 1. The zero-order valence-electron chi connectivity index (χ0n) is 11.0. The molecule has 1 fully saturated rings. The summed E-state index contributed by atoms with van der Waals surface area (Å²) in [6.07, 6.45) is 4.47. The first-order valence-electron chi connectivity index (χ1n) is 6.75. The molecule has 0 saturated heterocycles. The average Bonchev–Trinajstić information content (AvgIpc) is 3.14. The van der Waals surface area contributed by atoms with Gasteiger partial charge in [-0.05, 0) is 36.4 Å². The van der Waals surface area contributed by atoms with E-state index in [2.05, 4.69) is 5.32 Å². The topological polar surface area (TPSA) is 71.3 Å². The first-order chi connectivity index (χ1) is 9.63. The van der Waals surface area contributed by atoms with Crippen molar-refractivity contribution in [3.05, 3.63) is 36.0 Å². The van der Waals surface area contributed by atoms with Gasteiger partial charge in [-0.2, -0.15) is 0 Å². The Morgan fingerprint density at radius 3 is 2.80 bits per heavy atom. The van der Waals surface area contributed by atoms with Crippen LogP contribution in [0.5, 0.6) is 0 Å². The molecule has 104 valence electrons. The van der Waals surface area contributed by atoms with Gasteiger partial charge in [0.05, 0.1) is 5.56 Å². The Labute approximate surface area is 116 Å². The molecule has 0 radical (unpaired) electrons. The highest BCUT2D eigenvalue weighted by molar-refractivity contribution is 5.93. The predicted octanol–water partition coefficient (Wildman–Crippen LogP) is 2.01. The number of nitrogens with one attached hydrogen (secondary N) is 1. The van der Waals surface area contributed by atoms with Gasteiger partial charge in [0.15, 0.2) is 0 Å². The number of hydrogen-bond donors (Lipinski definition) is 2. The number of benzene rings is 1. The van der Waals surface area contributed by atoms with Crippen LogP contribution in [-0.2, 0) is 11.3 Å². The highest BCUT2D eigenvalue weighted by Gasteiger charge is 2.22. The number of carbonyl (C=O) groups excluding carboxylic acids is 1. The summed E-state index contributed by atoms with van der Waals surface area (Å²) in [7, 11) is 0. The van der Waals surface area contributed by atoms with E-state index in [1.54, 1.807) is 18.2 Å². The molecule has 0 spiro atoms. The SMILES string of the molecule is O=C(CCn1ccc2ccc(C(=O)O)cc21)NC1CC1. The fourth-order valence-corrected chi connectivity index (χ4v) is 2.26. The number of carboxylic acid groups (broad SMARTS) is 1. The second-order valence-electron chi connectivity index (χ2n) is 5.18. The Bertz CT molecular complexity index is 671. The fraction of sp³-hybridized carbons (Fsp3) is 0.333. The molecule has 1 aliphatic rings. The third kappa shape index (κ3) is 2.66. The van der Waals surface area contributed by atoms with Gasteiger partial charge in [-0.3, -0.25) is 4.79 Å². The van der Waals surface area contributed by atoms with Crippen LogP contribution in [0, 0.1) is 0 Å².